The Morgan fingerprint density at radius 3 is 2.57 bits per heavy atom. The third-order valence-corrected chi connectivity index (χ3v) is 4.66. The first kappa shape index (κ1) is 21.8. The van der Waals surface area contributed by atoms with Gasteiger partial charge in [0.2, 0.25) is 0 Å². The molecule has 5 nitrogen and oxygen atoms in total. The highest BCUT2D eigenvalue weighted by atomic mass is 35.5. The summed E-state index contributed by atoms with van der Waals surface area (Å²) in [6, 6.07) is 4.43. The summed E-state index contributed by atoms with van der Waals surface area (Å²) < 4.78 is 42.3. The van der Waals surface area contributed by atoms with Crippen LogP contribution in [0.4, 0.5) is 23.7 Å². The van der Waals surface area contributed by atoms with Gasteiger partial charge >= 0.3 is 6.03 Å². The van der Waals surface area contributed by atoms with Gasteiger partial charge in [0.1, 0.15) is 22.5 Å². The topological polar surface area (TPSA) is 66.9 Å². The summed E-state index contributed by atoms with van der Waals surface area (Å²) in [6.07, 6.45) is 1.60. The van der Waals surface area contributed by atoms with E-state index in [4.69, 9.17) is 11.6 Å². The van der Waals surface area contributed by atoms with E-state index >= 15 is 0 Å². The number of hydrogen-bond donors (Lipinski definition) is 2. The average molecular weight is 437 g/mol. The Balaban J connectivity index is 1.90. The molecule has 2 heterocycles. The number of aromatic nitrogens is 2. The molecule has 0 aliphatic heterocycles. The normalized spacial score (nSPS) is 11.6. The van der Waals surface area contributed by atoms with Gasteiger partial charge in [0.15, 0.2) is 0 Å². The van der Waals surface area contributed by atoms with Crippen molar-refractivity contribution in [2.45, 2.75) is 32.9 Å². The average Bonchev–Trinajstić information content (AvgIpc) is 2.62. The lowest BCUT2D eigenvalue weighted by atomic mass is 10.0. The number of alkyl halides is 1. The molecular formula is C21H20ClF3N4O. The van der Waals surface area contributed by atoms with Gasteiger partial charge in [-0.15, -0.1) is 0 Å². The first-order valence-electron chi connectivity index (χ1n) is 9.19. The summed E-state index contributed by atoms with van der Waals surface area (Å²) in [5.74, 6) is -1.74. The zero-order chi connectivity index (χ0) is 22.1. The number of halogens is 4. The van der Waals surface area contributed by atoms with Gasteiger partial charge in [-0.1, -0.05) is 11.6 Å². The van der Waals surface area contributed by atoms with Crippen LogP contribution in [0.3, 0.4) is 0 Å². The van der Waals surface area contributed by atoms with Gasteiger partial charge in [-0.25, -0.2) is 22.9 Å². The van der Waals surface area contributed by atoms with Crippen molar-refractivity contribution in [3.8, 4) is 11.1 Å². The number of aryl methyl sites for hydroxylation is 1. The van der Waals surface area contributed by atoms with Gasteiger partial charge < -0.3 is 10.6 Å². The first-order chi connectivity index (χ1) is 14.0. The van der Waals surface area contributed by atoms with Crippen LogP contribution in [0.5, 0.6) is 0 Å². The lowest BCUT2D eigenvalue weighted by Gasteiger charge is -2.15. The third-order valence-electron chi connectivity index (χ3n) is 4.46. The smallest absolute Gasteiger partial charge is 0.319 e. The van der Waals surface area contributed by atoms with Crippen molar-refractivity contribution in [3.05, 3.63) is 52.9 Å². The lowest BCUT2D eigenvalue weighted by molar-refractivity contribution is 0.200. The summed E-state index contributed by atoms with van der Waals surface area (Å²) in [6.45, 7) is 4.53. The van der Waals surface area contributed by atoms with Crippen molar-refractivity contribution in [3.63, 3.8) is 0 Å². The molecule has 3 aromatic rings. The summed E-state index contributed by atoms with van der Waals surface area (Å²) in [4.78, 5) is 20.4. The number of amides is 2. The summed E-state index contributed by atoms with van der Waals surface area (Å²) in [5, 5.41) is 5.69. The van der Waals surface area contributed by atoms with Crippen molar-refractivity contribution >= 4 is 34.2 Å². The van der Waals surface area contributed by atoms with E-state index in [0.717, 1.165) is 0 Å². The van der Waals surface area contributed by atoms with Crippen molar-refractivity contribution in [1.29, 1.82) is 0 Å². The van der Waals surface area contributed by atoms with Gasteiger partial charge in [0, 0.05) is 47.1 Å². The second kappa shape index (κ2) is 8.47. The summed E-state index contributed by atoms with van der Waals surface area (Å²) in [7, 11) is 0. The van der Waals surface area contributed by atoms with Gasteiger partial charge in [0.05, 0.1) is 11.2 Å². The summed E-state index contributed by atoms with van der Waals surface area (Å²) in [5.41, 5.74) is -0.0770. The molecule has 0 fully saturated rings. The van der Waals surface area contributed by atoms with Crippen LogP contribution in [-0.4, -0.2) is 28.2 Å². The van der Waals surface area contributed by atoms with E-state index < -0.39 is 23.3 Å². The van der Waals surface area contributed by atoms with E-state index in [0.29, 0.717) is 28.2 Å². The number of carbonyl (C=O) groups excluding carboxylic acids is 1. The lowest BCUT2D eigenvalue weighted by Crippen LogP contribution is -2.32. The van der Waals surface area contributed by atoms with E-state index in [1.54, 1.807) is 19.1 Å². The zero-order valence-corrected chi connectivity index (χ0v) is 17.4. The second-order valence-corrected chi connectivity index (χ2v) is 7.87. The van der Waals surface area contributed by atoms with Crippen LogP contribution in [0.25, 0.3) is 22.0 Å². The van der Waals surface area contributed by atoms with E-state index in [-0.39, 0.29) is 29.4 Å². The van der Waals surface area contributed by atoms with Crippen LogP contribution >= 0.6 is 11.6 Å². The molecule has 30 heavy (non-hydrogen) atoms. The van der Waals surface area contributed by atoms with Crippen molar-refractivity contribution in [2.24, 2.45) is 0 Å². The highest BCUT2D eigenvalue weighted by molar-refractivity contribution is 6.30. The maximum absolute atomic E-state index is 14.6. The van der Waals surface area contributed by atoms with Gasteiger partial charge in [-0.2, -0.15) is 0 Å². The van der Waals surface area contributed by atoms with Crippen molar-refractivity contribution in [2.75, 3.05) is 11.9 Å². The molecule has 0 saturated heterocycles. The number of rotatable bonds is 5. The molecule has 0 aliphatic rings. The van der Waals surface area contributed by atoms with Crippen molar-refractivity contribution < 1.29 is 18.0 Å². The molecule has 158 valence electrons. The molecule has 2 N–H and O–H groups in total. The number of fused-ring (bicyclic) bond motifs is 1. The molecule has 9 heteroatoms. The van der Waals surface area contributed by atoms with E-state index in [1.807, 2.05) is 0 Å². The number of hydrogen-bond acceptors (Lipinski definition) is 3. The van der Waals surface area contributed by atoms with Crippen LogP contribution in [0.1, 0.15) is 26.0 Å². The Kier molecular flexibility index (Phi) is 6.17. The predicted molar refractivity (Wildman–Crippen MR) is 111 cm³/mol. The molecule has 3 rings (SSSR count). The Hall–Kier alpha value is -2.87. The Morgan fingerprint density at radius 2 is 1.87 bits per heavy atom. The van der Waals surface area contributed by atoms with E-state index in [9.17, 15) is 18.0 Å². The number of nitrogens with one attached hydrogen (secondary N) is 2. The summed E-state index contributed by atoms with van der Waals surface area (Å²) >= 11 is 5.88. The van der Waals surface area contributed by atoms with Crippen LogP contribution in [0, 0.1) is 18.6 Å². The number of benzene rings is 1. The minimum absolute atomic E-state index is 0.0638. The molecular weight excluding hydrogens is 417 g/mol. The minimum Gasteiger partial charge on any atom is -0.338 e. The molecule has 0 unspecified atom stereocenters. The van der Waals surface area contributed by atoms with Gasteiger partial charge in [0.25, 0.3) is 0 Å². The van der Waals surface area contributed by atoms with E-state index in [2.05, 4.69) is 20.6 Å². The number of pyridine rings is 2. The van der Waals surface area contributed by atoms with Crippen molar-refractivity contribution in [1.82, 2.24) is 15.3 Å². The Bertz CT molecular complexity index is 1120. The second-order valence-electron chi connectivity index (χ2n) is 7.48. The van der Waals surface area contributed by atoms with Gasteiger partial charge in [-0.3, -0.25) is 4.98 Å². The number of carbonyl (C=O) groups is 1. The Labute approximate surface area is 176 Å². The molecule has 2 amide bonds. The molecule has 0 radical (unpaired) electrons. The molecule has 1 aromatic carbocycles. The molecule has 0 spiro atoms. The fourth-order valence-electron chi connectivity index (χ4n) is 2.90. The molecule has 2 aromatic heterocycles. The van der Waals surface area contributed by atoms with Crippen LogP contribution in [0.2, 0.25) is 5.15 Å². The third kappa shape index (κ3) is 5.18. The number of nitrogens with zero attached hydrogens (tertiary/aromatic N) is 2. The molecule has 0 saturated carbocycles. The SMILES string of the molecule is Cc1nc2cc(Cl)ncc2cc1-c1cc(NC(=O)NCCC(C)(C)F)c(F)cc1F. The first-order valence-corrected chi connectivity index (χ1v) is 9.57. The van der Waals surface area contributed by atoms with E-state index in [1.165, 1.54) is 26.1 Å². The molecule has 0 aliphatic carbocycles. The minimum atomic E-state index is -1.44. The quantitative estimate of drug-likeness (QED) is 0.497. The fourth-order valence-corrected chi connectivity index (χ4v) is 3.06. The predicted octanol–water partition coefficient (Wildman–Crippen LogP) is 5.80. The highest BCUT2D eigenvalue weighted by Gasteiger charge is 2.18. The zero-order valence-electron chi connectivity index (χ0n) is 16.6. The standard InChI is InChI=1S/C21H20ClF3N4O/c1-11-13(6-12-10-27-19(22)9-17(12)28-11)14-7-18(16(24)8-15(14)23)29-20(30)26-5-4-21(2,3)25/h6-10H,4-5H2,1-3H3,(H2,26,29,30). The Morgan fingerprint density at radius 1 is 1.13 bits per heavy atom. The number of urea groups is 1. The van der Waals surface area contributed by atoms with Crippen LogP contribution in [-0.2, 0) is 0 Å². The molecule has 0 bridgehead atoms. The maximum atomic E-state index is 14.6. The monoisotopic (exact) mass is 436 g/mol. The van der Waals surface area contributed by atoms with Gasteiger partial charge in [-0.05, 0) is 39.3 Å². The van der Waals surface area contributed by atoms with Crippen LogP contribution < -0.4 is 10.6 Å². The largest absolute Gasteiger partial charge is 0.338 e. The van der Waals surface area contributed by atoms with Crippen LogP contribution in [0.15, 0.2) is 30.5 Å². The molecule has 0 atom stereocenters. The highest BCUT2D eigenvalue weighted by Crippen LogP contribution is 2.32. The number of anilines is 1. The maximum Gasteiger partial charge on any atom is 0.319 e. The fraction of sp³-hybridized carbons (Fsp3) is 0.286.